The molecule has 0 unspecified atom stereocenters. The predicted molar refractivity (Wildman–Crippen MR) is 106 cm³/mol. The lowest BCUT2D eigenvalue weighted by Crippen LogP contribution is -2.17. The minimum Gasteiger partial charge on any atom is -0.496 e. The second kappa shape index (κ2) is 8.47. The average Bonchev–Trinajstić information content (AvgIpc) is 3.02. The van der Waals surface area contributed by atoms with E-state index in [0.29, 0.717) is 33.8 Å². The van der Waals surface area contributed by atoms with E-state index in [4.69, 9.17) is 20.4 Å². The Hall–Kier alpha value is -2.88. The number of halogens is 3. The van der Waals surface area contributed by atoms with Gasteiger partial charge < -0.3 is 15.2 Å². The van der Waals surface area contributed by atoms with Crippen LogP contribution in [0.15, 0.2) is 18.2 Å². The third-order valence-corrected chi connectivity index (χ3v) is 4.91. The number of rotatable bonds is 7. The SMILES string of the molecule is CCC(CC)n1nc(C)c2nc(-c3ccc(OC(F)(F)F)cc3OC)c(CN)nc21. The zero-order valence-corrected chi connectivity index (χ0v) is 17.2. The summed E-state index contributed by atoms with van der Waals surface area (Å²) in [6.07, 6.45) is -3.01. The number of hydrogen-bond acceptors (Lipinski definition) is 6. The Bertz CT molecular complexity index is 1050. The molecule has 0 spiro atoms. The number of hydrogen-bond donors (Lipinski definition) is 1. The van der Waals surface area contributed by atoms with Gasteiger partial charge in [-0.25, -0.2) is 14.6 Å². The molecule has 2 N–H and O–H groups in total. The van der Waals surface area contributed by atoms with E-state index in [1.54, 1.807) is 0 Å². The normalized spacial score (nSPS) is 12.0. The van der Waals surface area contributed by atoms with Gasteiger partial charge in [-0.2, -0.15) is 5.10 Å². The molecule has 30 heavy (non-hydrogen) atoms. The molecule has 162 valence electrons. The molecule has 0 bridgehead atoms. The molecule has 0 aliphatic carbocycles. The van der Waals surface area contributed by atoms with Crippen LogP contribution in [0.1, 0.15) is 44.1 Å². The molecule has 3 aromatic rings. The Labute approximate surface area is 172 Å². The highest BCUT2D eigenvalue weighted by atomic mass is 19.4. The van der Waals surface area contributed by atoms with E-state index in [-0.39, 0.29) is 24.1 Å². The number of aryl methyl sites for hydroxylation is 1. The maximum atomic E-state index is 12.6. The molecule has 3 rings (SSSR count). The van der Waals surface area contributed by atoms with Crippen molar-refractivity contribution >= 4 is 11.2 Å². The van der Waals surface area contributed by atoms with Crippen LogP contribution < -0.4 is 15.2 Å². The van der Waals surface area contributed by atoms with Crippen molar-refractivity contribution in [2.75, 3.05) is 7.11 Å². The Morgan fingerprint density at radius 1 is 1.17 bits per heavy atom. The van der Waals surface area contributed by atoms with E-state index in [2.05, 4.69) is 23.7 Å². The lowest BCUT2D eigenvalue weighted by Gasteiger charge is -2.16. The van der Waals surface area contributed by atoms with Crippen molar-refractivity contribution in [2.45, 2.75) is 52.6 Å². The monoisotopic (exact) mass is 423 g/mol. The van der Waals surface area contributed by atoms with E-state index in [0.717, 1.165) is 18.9 Å². The van der Waals surface area contributed by atoms with Crippen molar-refractivity contribution in [1.29, 1.82) is 0 Å². The first-order valence-electron chi connectivity index (χ1n) is 9.62. The highest BCUT2D eigenvalue weighted by Crippen LogP contribution is 2.36. The van der Waals surface area contributed by atoms with E-state index in [9.17, 15) is 13.2 Å². The molecular formula is C20H24F3N5O2. The fourth-order valence-electron chi connectivity index (χ4n) is 3.43. The third-order valence-electron chi connectivity index (χ3n) is 4.91. The standard InChI is InChI=1S/C20H24F3N5O2/c1-5-12(6-2)28-19-17(11(3)27-28)26-18(15(10-24)25-19)14-8-7-13(9-16(14)29-4)30-20(21,22)23/h7-9,12H,5-6,10,24H2,1-4H3. The maximum absolute atomic E-state index is 12.6. The number of ether oxygens (including phenoxy) is 2. The number of fused-ring (bicyclic) bond motifs is 1. The Balaban J connectivity index is 2.17. The summed E-state index contributed by atoms with van der Waals surface area (Å²) in [5.41, 5.74) is 9.31. The molecular weight excluding hydrogens is 399 g/mol. The first kappa shape index (κ1) is 21.8. The molecule has 2 aromatic heterocycles. The summed E-state index contributed by atoms with van der Waals surface area (Å²) in [6, 6.07) is 4.00. The third kappa shape index (κ3) is 4.18. The van der Waals surface area contributed by atoms with Gasteiger partial charge >= 0.3 is 6.36 Å². The van der Waals surface area contributed by atoms with Gasteiger partial charge in [-0.05, 0) is 31.9 Å². The zero-order chi connectivity index (χ0) is 22.1. The highest BCUT2D eigenvalue weighted by molar-refractivity contribution is 5.80. The summed E-state index contributed by atoms with van der Waals surface area (Å²) in [5.74, 6) is -0.214. The van der Waals surface area contributed by atoms with Gasteiger partial charge in [0.2, 0.25) is 0 Å². The quantitative estimate of drug-likeness (QED) is 0.601. The van der Waals surface area contributed by atoms with Gasteiger partial charge in [0.25, 0.3) is 0 Å². The van der Waals surface area contributed by atoms with Crippen LogP contribution in [-0.4, -0.2) is 33.2 Å². The molecule has 0 saturated heterocycles. The Morgan fingerprint density at radius 3 is 2.43 bits per heavy atom. The van der Waals surface area contributed by atoms with Gasteiger partial charge in [0, 0.05) is 18.2 Å². The summed E-state index contributed by atoms with van der Waals surface area (Å²) in [7, 11) is 1.36. The number of methoxy groups -OCH3 is 1. The van der Waals surface area contributed by atoms with Crippen molar-refractivity contribution in [2.24, 2.45) is 5.73 Å². The summed E-state index contributed by atoms with van der Waals surface area (Å²) >= 11 is 0. The van der Waals surface area contributed by atoms with Crippen LogP contribution >= 0.6 is 0 Å². The van der Waals surface area contributed by atoms with Gasteiger partial charge in [-0.15, -0.1) is 13.2 Å². The van der Waals surface area contributed by atoms with Gasteiger partial charge in [-0.1, -0.05) is 13.8 Å². The van der Waals surface area contributed by atoms with Crippen LogP contribution in [-0.2, 0) is 6.54 Å². The zero-order valence-electron chi connectivity index (χ0n) is 17.2. The topological polar surface area (TPSA) is 88.1 Å². The van der Waals surface area contributed by atoms with Crippen molar-refractivity contribution in [3.05, 3.63) is 29.6 Å². The summed E-state index contributed by atoms with van der Waals surface area (Å²) in [6.45, 7) is 6.10. The Kier molecular flexibility index (Phi) is 6.16. The Morgan fingerprint density at radius 2 is 1.87 bits per heavy atom. The minimum atomic E-state index is -4.80. The molecule has 7 nitrogen and oxygen atoms in total. The number of aromatic nitrogens is 4. The first-order chi connectivity index (χ1) is 14.2. The molecule has 0 radical (unpaired) electrons. The largest absolute Gasteiger partial charge is 0.573 e. The summed E-state index contributed by atoms with van der Waals surface area (Å²) in [5, 5.41) is 4.61. The molecule has 2 heterocycles. The van der Waals surface area contributed by atoms with Crippen LogP contribution in [0.2, 0.25) is 0 Å². The van der Waals surface area contributed by atoms with Crippen LogP contribution in [0.25, 0.3) is 22.4 Å². The fourth-order valence-corrected chi connectivity index (χ4v) is 3.43. The van der Waals surface area contributed by atoms with E-state index >= 15 is 0 Å². The van der Waals surface area contributed by atoms with Crippen molar-refractivity contribution < 1.29 is 22.6 Å². The molecule has 0 saturated carbocycles. The molecule has 10 heteroatoms. The lowest BCUT2D eigenvalue weighted by atomic mass is 10.1. The van der Waals surface area contributed by atoms with Gasteiger partial charge in [-0.3, -0.25) is 0 Å². The lowest BCUT2D eigenvalue weighted by molar-refractivity contribution is -0.274. The first-order valence-corrected chi connectivity index (χ1v) is 9.62. The predicted octanol–water partition coefficient (Wildman–Crippen LogP) is 4.53. The summed E-state index contributed by atoms with van der Waals surface area (Å²) in [4.78, 5) is 9.44. The van der Waals surface area contributed by atoms with Crippen LogP contribution in [0, 0.1) is 6.92 Å². The van der Waals surface area contributed by atoms with E-state index in [1.165, 1.54) is 19.2 Å². The molecule has 0 amide bonds. The molecule has 0 aliphatic heterocycles. The maximum Gasteiger partial charge on any atom is 0.573 e. The van der Waals surface area contributed by atoms with Crippen LogP contribution in [0.4, 0.5) is 13.2 Å². The average molecular weight is 423 g/mol. The van der Waals surface area contributed by atoms with Gasteiger partial charge in [0.15, 0.2) is 5.65 Å². The summed E-state index contributed by atoms with van der Waals surface area (Å²) < 4.78 is 48.8. The van der Waals surface area contributed by atoms with Crippen molar-refractivity contribution in [3.8, 4) is 22.8 Å². The molecule has 0 aliphatic rings. The smallest absolute Gasteiger partial charge is 0.496 e. The van der Waals surface area contributed by atoms with Gasteiger partial charge in [0.1, 0.15) is 17.0 Å². The van der Waals surface area contributed by atoms with Gasteiger partial charge in [0.05, 0.1) is 30.2 Å². The molecule has 1 aromatic carbocycles. The number of nitrogens with zero attached hydrogens (tertiary/aromatic N) is 4. The molecule has 0 fully saturated rings. The van der Waals surface area contributed by atoms with Crippen molar-refractivity contribution in [1.82, 2.24) is 19.7 Å². The second-order valence-electron chi connectivity index (χ2n) is 6.81. The number of nitrogens with two attached hydrogens (primary N) is 1. The van der Waals surface area contributed by atoms with Crippen LogP contribution in [0.5, 0.6) is 11.5 Å². The number of benzene rings is 1. The second-order valence-corrected chi connectivity index (χ2v) is 6.81. The van der Waals surface area contributed by atoms with E-state index in [1.807, 2.05) is 11.6 Å². The van der Waals surface area contributed by atoms with E-state index < -0.39 is 6.36 Å². The van der Waals surface area contributed by atoms with Crippen LogP contribution in [0.3, 0.4) is 0 Å². The highest BCUT2D eigenvalue weighted by Gasteiger charge is 2.31. The molecule has 0 atom stereocenters. The van der Waals surface area contributed by atoms with Crippen molar-refractivity contribution in [3.63, 3.8) is 0 Å². The minimum absolute atomic E-state index is 0.0926. The fraction of sp³-hybridized carbons (Fsp3) is 0.450. The number of alkyl halides is 3.